The number of aromatic nitrogens is 2. The molecule has 2 aliphatic rings. The number of ether oxygens (including phenoxy) is 1. The topological polar surface area (TPSA) is 67.7 Å². The number of aryl methyl sites for hydroxylation is 2. The maximum absolute atomic E-state index is 13.6. The molecule has 0 aliphatic carbocycles. The van der Waals surface area contributed by atoms with Crippen molar-refractivity contribution >= 4 is 17.5 Å². The summed E-state index contributed by atoms with van der Waals surface area (Å²) in [4.78, 5) is 28.5. The molecular formula is C19H21FN4O3. The molecule has 3 heterocycles. The van der Waals surface area contributed by atoms with Crippen LogP contribution >= 0.6 is 0 Å². The smallest absolute Gasteiger partial charge is 0.257 e. The van der Waals surface area contributed by atoms with Gasteiger partial charge < -0.3 is 14.5 Å². The zero-order chi connectivity index (χ0) is 19.2. The number of rotatable bonds is 2. The van der Waals surface area contributed by atoms with Gasteiger partial charge in [-0.25, -0.2) is 4.39 Å². The third-order valence-corrected chi connectivity index (χ3v) is 5.22. The van der Waals surface area contributed by atoms with Gasteiger partial charge in [0.2, 0.25) is 0 Å². The van der Waals surface area contributed by atoms with Crippen LogP contribution in [-0.4, -0.2) is 58.3 Å². The van der Waals surface area contributed by atoms with E-state index in [0.717, 1.165) is 0 Å². The second-order valence-electron chi connectivity index (χ2n) is 7.21. The number of amides is 2. The summed E-state index contributed by atoms with van der Waals surface area (Å²) in [6.45, 7) is 2.95. The monoisotopic (exact) mass is 372 g/mol. The van der Waals surface area contributed by atoms with E-state index in [-0.39, 0.29) is 18.4 Å². The summed E-state index contributed by atoms with van der Waals surface area (Å²) >= 11 is 0. The van der Waals surface area contributed by atoms with E-state index in [2.05, 4.69) is 5.10 Å². The van der Waals surface area contributed by atoms with Crippen LogP contribution in [0.1, 0.15) is 22.5 Å². The lowest BCUT2D eigenvalue weighted by molar-refractivity contribution is -0.137. The van der Waals surface area contributed by atoms with Crippen molar-refractivity contribution in [2.75, 3.05) is 31.1 Å². The molecule has 8 heteroatoms. The molecule has 1 aromatic carbocycles. The molecule has 0 radical (unpaired) electrons. The standard InChI is InChI=1S/C19H21FN4O3/c1-13-16(9-22(2)21-13)18(26)23-7-6-19(11-23)12-24(17(25)10-27-19)15-5-3-4-14(20)8-15/h3-5,8-9H,6-7,10-12H2,1-2H3. The molecule has 1 unspecified atom stereocenters. The number of hydrogen-bond acceptors (Lipinski definition) is 4. The second-order valence-corrected chi connectivity index (χ2v) is 7.21. The summed E-state index contributed by atoms with van der Waals surface area (Å²) in [6.07, 6.45) is 2.34. The Morgan fingerprint density at radius 2 is 2.15 bits per heavy atom. The van der Waals surface area contributed by atoms with E-state index >= 15 is 0 Å². The minimum absolute atomic E-state index is 0.0789. The van der Waals surface area contributed by atoms with E-state index in [1.165, 1.54) is 12.1 Å². The maximum atomic E-state index is 13.6. The summed E-state index contributed by atoms with van der Waals surface area (Å²) in [5.74, 6) is -0.689. The number of benzene rings is 1. The Balaban J connectivity index is 1.53. The first-order valence-corrected chi connectivity index (χ1v) is 8.86. The zero-order valence-corrected chi connectivity index (χ0v) is 15.3. The molecule has 0 saturated carbocycles. The van der Waals surface area contributed by atoms with Gasteiger partial charge in [-0.15, -0.1) is 0 Å². The average Bonchev–Trinajstić information content (AvgIpc) is 3.20. The number of morpholine rings is 1. The van der Waals surface area contributed by atoms with Gasteiger partial charge in [-0.3, -0.25) is 14.3 Å². The molecule has 2 aromatic rings. The lowest BCUT2D eigenvalue weighted by Gasteiger charge is -2.40. The highest BCUT2D eigenvalue weighted by Crippen LogP contribution is 2.33. The largest absolute Gasteiger partial charge is 0.361 e. The number of anilines is 1. The molecule has 2 aliphatic heterocycles. The molecule has 2 saturated heterocycles. The highest BCUT2D eigenvalue weighted by Gasteiger charge is 2.47. The van der Waals surface area contributed by atoms with Crippen molar-refractivity contribution in [3.63, 3.8) is 0 Å². The molecule has 142 valence electrons. The van der Waals surface area contributed by atoms with Gasteiger partial charge in [0.15, 0.2) is 0 Å². The molecule has 2 amide bonds. The SMILES string of the molecule is Cc1nn(C)cc1C(=O)N1CCC2(C1)CN(c1cccc(F)c1)C(=O)CO2. The Morgan fingerprint density at radius 1 is 1.33 bits per heavy atom. The number of carbonyl (C=O) groups excluding carboxylic acids is 2. The van der Waals surface area contributed by atoms with Gasteiger partial charge >= 0.3 is 0 Å². The van der Waals surface area contributed by atoms with E-state index in [4.69, 9.17) is 4.74 Å². The summed E-state index contributed by atoms with van der Waals surface area (Å²) in [7, 11) is 1.78. The lowest BCUT2D eigenvalue weighted by Crippen LogP contribution is -2.56. The Morgan fingerprint density at radius 3 is 2.85 bits per heavy atom. The van der Waals surface area contributed by atoms with Crippen molar-refractivity contribution in [2.24, 2.45) is 7.05 Å². The van der Waals surface area contributed by atoms with E-state index in [1.54, 1.807) is 46.8 Å². The van der Waals surface area contributed by atoms with Gasteiger partial charge in [-0.2, -0.15) is 5.10 Å². The third kappa shape index (κ3) is 3.21. The molecule has 2 fully saturated rings. The van der Waals surface area contributed by atoms with Crippen molar-refractivity contribution in [1.29, 1.82) is 0 Å². The number of halogens is 1. The minimum Gasteiger partial charge on any atom is -0.361 e. The first-order chi connectivity index (χ1) is 12.9. The van der Waals surface area contributed by atoms with Crippen molar-refractivity contribution < 1.29 is 18.7 Å². The predicted molar refractivity (Wildman–Crippen MR) is 95.9 cm³/mol. The van der Waals surface area contributed by atoms with E-state index in [1.807, 2.05) is 0 Å². The normalized spacial score (nSPS) is 22.7. The Bertz CT molecular complexity index is 912. The predicted octanol–water partition coefficient (Wildman–Crippen LogP) is 1.52. The fourth-order valence-electron chi connectivity index (χ4n) is 3.84. The fourth-order valence-corrected chi connectivity index (χ4v) is 3.84. The highest BCUT2D eigenvalue weighted by molar-refractivity contribution is 5.96. The number of carbonyl (C=O) groups is 2. The van der Waals surface area contributed by atoms with E-state index in [0.29, 0.717) is 43.0 Å². The molecule has 1 atom stereocenters. The molecule has 0 bridgehead atoms. The first-order valence-electron chi connectivity index (χ1n) is 8.86. The quantitative estimate of drug-likeness (QED) is 0.802. The van der Waals surface area contributed by atoms with Crippen LogP contribution in [0.15, 0.2) is 30.5 Å². The van der Waals surface area contributed by atoms with Gasteiger partial charge in [0.05, 0.1) is 24.3 Å². The Kier molecular flexibility index (Phi) is 4.22. The van der Waals surface area contributed by atoms with Gasteiger partial charge in [0, 0.05) is 25.5 Å². The van der Waals surface area contributed by atoms with Crippen LogP contribution in [0.5, 0.6) is 0 Å². The van der Waals surface area contributed by atoms with Gasteiger partial charge in [-0.05, 0) is 31.5 Å². The van der Waals surface area contributed by atoms with Crippen LogP contribution in [-0.2, 0) is 16.6 Å². The van der Waals surface area contributed by atoms with Crippen molar-refractivity contribution in [3.05, 3.63) is 47.5 Å². The Hall–Kier alpha value is -2.74. The lowest BCUT2D eigenvalue weighted by atomic mass is 10.00. The third-order valence-electron chi connectivity index (χ3n) is 5.22. The minimum atomic E-state index is -0.633. The van der Waals surface area contributed by atoms with Crippen molar-refractivity contribution in [1.82, 2.24) is 14.7 Å². The first kappa shape index (κ1) is 17.7. The molecule has 1 aromatic heterocycles. The van der Waals surface area contributed by atoms with Crippen LogP contribution in [0, 0.1) is 12.7 Å². The van der Waals surface area contributed by atoms with Crippen LogP contribution in [0.4, 0.5) is 10.1 Å². The van der Waals surface area contributed by atoms with Gasteiger partial charge in [-0.1, -0.05) is 6.07 Å². The molecule has 7 nitrogen and oxygen atoms in total. The summed E-state index contributed by atoms with van der Waals surface area (Å²) in [6, 6.07) is 5.97. The fraction of sp³-hybridized carbons (Fsp3) is 0.421. The van der Waals surface area contributed by atoms with Crippen LogP contribution in [0.3, 0.4) is 0 Å². The summed E-state index contributed by atoms with van der Waals surface area (Å²) in [5.41, 5.74) is 1.13. The summed E-state index contributed by atoms with van der Waals surface area (Å²) < 4.78 is 21.1. The molecule has 1 spiro atoms. The number of likely N-dealkylation sites (tertiary alicyclic amines) is 1. The van der Waals surface area contributed by atoms with Gasteiger partial charge in [0.1, 0.15) is 18.0 Å². The maximum Gasteiger partial charge on any atom is 0.257 e. The average molecular weight is 372 g/mol. The van der Waals surface area contributed by atoms with Crippen molar-refractivity contribution in [2.45, 2.75) is 18.9 Å². The van der Waals surface area contributed by atoms with Crippen LogP contribution in [0.2, 0.25) is 0 Å². The highest BCUT2D eigenvalue weighted by atomic mass is 19.1. The summed E-state index contributed by atoms with van der Waals surface area (Å²) in [5, 5.41) is 4.23. The molecule has 27 heavy (non-hydrogen) atoms. The number of nitrogens with zero attached hydrogens (tertiary/aromatic N) is 4. The molecule has 0 N–H and O–H groups in total. The second kappa shape index (κ2) is 6.45. The zero-order valence-electron chi connectivity index (χ0n) is 15.3. The van der Waals surface area contributed by atoms with E-state index in [9.17, 15) is 14.0 Å². The Labute approximate surface area is 156 Å². The van der Waals surface area contributed by atoms with Crippen LogP contribution in [0.25, 0.3) is 0 Å². The van der Waals surface area contributed by atoms with Gasteiger partial charge in [0.25, 0.3) is 11.8 Å². The van der Waals surface area contributed by atoms with Crippen LogP contribution < -0.4 is 4.90 Å². The number of hydrogen-bond donors (Lipinski definition) is 0. The molecular weight excluding hydrogens is 351 g/mol. The molecule has 4 rings (SSSR count). The van der Waals surface area contributed by atoms with E-state index < -0.39 is 11.4 Å². The van der Waals surface area contributed by atoms with Crippen molar-refractivity contribution in [3.8, 4) is 0 Å².